The van der Waals surface area contributed by atoms with Gasteiger partial charge in [0.15, 0.2) is 0 Å². The summed E-state index contributed by atoms with van der Waals surface area (Å²) >= 11 is 0. The molecule has 0 fully saturated rings. The monoisotopic (exact) mass is 275 g/mol. The van der Waals surface area contributed by atoms with E-state index < -0.39 is 0 Å². The van der Waals surface area contributed by atoms with Crippen LogP contribution in [-0.2, 0) is 5.41 Å². The van der Waals surface area contributed by atoms with Crippen molar-refractivity contribution in [1.29, 1.82) is 0 Å². The standard InChI is InChI=1S/C19H33N/c1-13-12-14(2)16(4)17(15(13)3)19(8,9)10-11-20-18(5,6)7/h12,20H,10-11H2,1-9H3. The summed E-state index contributed by atoms with van der Waals surface area (Å²) < 4.78 is 0. The Labute approximate surface area is 126 Å². The van der Waals surface area contributed by atoms with E-state index in [4.69, 9.17) is 0 Å². The van der Waals surface area contributed by atoms with Crippen molar-refractivity contribution in [2.75, 3.05) is 6.54 Å². The molecule has 0 aliphatic rings. The molecule has 0 saturated heterocycles. The van der Waals surface area contributed by atoms with E-state index in [-0.39, 0.29) is 11.0 Å². The predicted molar refractivity (Wildman–Crippen MR) is 90.8 cm³/mol. The fourth-order valence-corrected chi connectivity index (χ4v) is 3.11. The van der Waals surface area contributed by atoms with E-state index in [1.807, 2.05) is 0 Å². The Hall–Kier alpha value is -0.820. The van der Waals surface area contributed by atoms with Crippen LogP contribution in [0.2, 0.25) is 0 Å². The lowest BCUT2D eigenvalue weighted by Gasteiger charge is -2.32. The summed E-state index contributed by atoms with van der Waals surface area (Å²) in [5.74, 6) is 0. The van der Waals surface area contributed by atoms with E-state index in [1.54, 1.807) is 5.56 Å². The van der Waals surface area contributed by atoms with Gasteiger partial charge in [0.2, 0.25) is 0 Å². The molecule has 0 atom stereocenters. The van der Waals surface area contributed by atoms with Crippen LogP contribution in [0.3, 0.4) is 0 Å². The second-order valence-electron chi connectivity index (χ2n) is 7.95. The lowest BCUT2D eigenvalue weighted by atomic mass is 9.75. The van der Waals surface area contributed by atoms with Gasteiger partial charge in [0, 0.05) is 5.54 Å². The van der Waals surface area contributed by atoms with Gasteiger partial charge in [-0.25, -0.2) is 0 Å². The molecule has 0 spiro atoms. The third-order valence-corrected chi connectivity index (χ3v) is 4.45. The maximum Gasteiger partial charge on any atom is 0.00965 e. The zero-order valence-electron chi connectivity index (χ0n) is 15.0. The molecule has 0 radical (unpaired) electrons. The molecule has 0 amide bonds. The summed E-state index contributed by atoms with van der Waals surface area (Å²) in [5, 5.41) is 3.62. The Morgan fingerprint density at radius 2 is 1.30 bits per heavy atom. The van der Waals surface area contributed by atoms with E-state index in [1.165, 1.54) is 22.3 Å². The van der Waals surface area contributed by atoms with Gasteiger partial charge in [-0.1, -0.05) is 19.9 Å². The Balaban J connectivity index is 3.03. The highest BCUT2D eigenvalue weighted by Gasteiger charge is 2.26. The molecule has 0 aromatic heterocycles. The number of benzene rings is 1. The highest BCUT2D eigenvalue weighted by Crippen LogP contribution is 2.35. The lowest BCUT2D eigenvalue weighted by Crippen LogP contribution is -2.38. The first kappa shape index (κ1) is 17.2. The Kier molecular flexibility index (Phi) is 5.08. The first-order valence-corrected chi connectivity index (χ1v) is 7.78. The SMILES string of the molecule is Cc1cc(C)c(C)c(C(C)(C)CCNC(C)(C)C)c1C. The van der Waals surface area contributed by atoms with Gasteiger partial charge in [-0.2, -0.15) is 0 Å². The van der Waals surface area contributed by atoms with Crippen molar-refractivity contribution < 1.29 is 0 Å². The molecule has 20 heavy (non-hydrogen) atoms. The maximum absolute atomic E-state index is 3.62. The van der Waals surface area contributed by atoms with Gasteiger partial charge in [-0.15, -0.1) is 0 Å². The number of rotatable bonds is 4. The maximum atomic E-state index is 3.62. The first-order valence-electron chi connectivity index (χ1n) is 7.78. The average molecular weight is 275 g/mol. The number of aryl methyl sites for hydroxylation is 2. The molecule has 0 bridgehead atoms. The molecule has 0 aliphatic carbocycles. The molecule has 0 unspecified atom stereocenters. The summed E-state index contributed by atoms with van der Waals surface area (Å²) in [6.07, 6.45) is 1.16. The zero-order chi connectivity index (χ0) is 15.7. The summed E-state index contributed by atoms with van der Waals surface area (Å²) in [7, 11) is 0. The summed E-state index contributed by atoms with van der Waals surface area (Å²) in [6, 6.07) is 2.32. The largest absolute Gasteiger partial charge is 0.312 e. The van der Waals surface area contributed by atoms with Crippen LogP contribution >= 0.6 is 0 Å². The van der Waals surface area contributed by atoms with E-state index in [0.717, 1.165) is 13.0 Å². The third kappa shape index (κ3) is 4.09. The molecule has 1 aromatic rings. The fourth-order valence-electron chi connectivity index (χ4n) is 3.11. The van der Waals surface area contributed by atoms with Crippen LogP contribution < -0.4 is 5.32 Å². The van der Waals surface area contributed by atoms with E-state index in [2.05, 4.69) is 73.7 Å². The molecular formula is C19H33N. The molecule has 0 saturated carbocycles. The topological polar surface area (TPSA) is 12.0 Å². The van der Waals surface area contributed by atoms with Crippen molar-refractivity contribution in [3.63, 3.8) is 0 Å². The quantitative estimate of drug-likeness (QED) is 0.817. The van der Waals surface area contributed by atoms with E-state index in [0.29, 0.717) is 0 Å². The van der Waals surface area contributed by atoms with Gasteiger partial charge in [0.05, 0.1) is 0 Å². The molecule has 1 heteroatoms. The van der Waals surface area contributed by atoms with Crippen LogP contribution in [0.25, 0.3) is 0 Å². The summed E-state index contributed by atoms with van der Waals surface area (Å²) in [5.41, 5.74) is 7.72. The fraction of sp³-hybridized carbons (Fsp3) is 0.684. The van der Waals surface area contributed by atoms with Gasteiger partial charge < -0.3 is 5.32 Å². The van der Waals surface area contributed by atoms with Crippen molar-refractivity contribution in [3.8, 4) is 0 Å². The van der Waals surface area contributed by atoms with Crippen LogP contribution in [-0.4, -0.2) is 12.1 Å². The predicted octanol–water partition coefficient (Wildman–Crippen LogP) is 4.98. The van der Waals surface area contributed by atoms with Gasteiger partial charge in [0.25, 0.3) is 0 Å². The first-order chi connectivity index (χ1) is 8.96. The van der Waals surface area contributed by atoms with Crippen LogP contribution in [0.4, 0.5) is 0 Å². The second-order valence-corrected chi connectivity index (χ2v) is 7.95. The summed E-state index contributed by atoms with van der Waals surface area (Å²) in [6.45, 7) is 21.5. The van der Waals surface area contributed by atoms with Crippen molar-refractivity contribution in [1.82, 2.24) is 5.32 Å². The van der Waals surface area contributed by atoms with E-state index >= 15 is 0 Å². The molecule has 0 aliphatic heterocycles. The molecule has 1 rings (SSSR count). The van der Waals surface area contributed by atoms with Crippen LogP contribution in [0, 0.1) is 27.7 Å². The van der Waals surface area contributed by atoms with Crippen molar-refractivity contribution >= 4 is 0 Å². The lowest BCUT2D eigenvalue weighted by molar-refractivity contribution is 0.378. The van der Waals surface area contributed by atoms with Crippen LogP contribution in [0.5, 0.6) is 0 Å². The van der Waals surface area contributed by atoms with Crippen molar-refractivity contribution in [2.24, 2.45) is 0 Å². The highest BCUT2D eigenvalue weighted by molar-refractivity contribution is 5.47. The minimum atomic E-state index is 0.197. The smallest absolute Gasteiger partial charge is 0.00965 e. The molecule has 1 N–H and O–H groups in total. The Morgan fingerprint density at radius 1 is 0.850 bits per heavy atom. The molecule has 1 nitrogen and oxygen atoms in total. The molecule has 0 heterocycles. The Morgan fingerprint density at radius 3 is 1.70 bits per heavy atom. The number of hydrogen-bond donors (Lipinski definition) is 1. The van der Waals surface area contributed by atoms with Crippen LogP contribution in [0.1, 0.15) is 68.9 Å². The van der Waals surface area contributed by atoms with Crippen molar-refractivity contribution in [2.45, 2.75) is 79.7 Å². The second kappa shape index (κ2) is 5.89. The van der Waals surface area contributed by atoms with Gasteiger partial charge >= 0.3 is 0 Å². The Bertz CT molecular complexity index is 449. The normalized spacial score (nSPS) is 12.8. The van der Waals surface area contributed by atoms with Gasteiger partial charge in [-0.3, -0.25) is 0 Å². The minimum absolute atomic E-state index is 0.197. The number of hydrogen-bond acceptors (Lipinski definition) is 1. The average Bonchev–Trinajstić information content (AvgIpc) is 2.24. The molecule has 114 valence electrons. The molecular weight excluding hydrogens is 242 g/mol. The van der Waals surface area contributed by atoms with E-state index in [9.17, 15) is 0 Å². The van der Waals surface area contributed by atoms with Gasteiger partial charge in [-0.05, 0) is 94.7 Å². The molecule has 1 aromatic carbocycles. The highest BCUT2D eigenvalue weighted by atomic mass is 14.9. The third-order valence-electron chi connectivity index (χ3n) is 4.45. The van der Waals surface area contributed by atoms with Crippen LogP contribution in [0.15, 0.2) is 6.07 Å². The number of nitrogens with one attached hydrogen (secondary N) is 1. The van der Waals surface area contributed by atoms with Gasteiger partial charge in [0.1, 0.15) is 0 Å². The minimum Gasteiger partial charge on any atom is -0.312 e. The summed E-state index contributed by atoms with van der Waals surface area (Å²) in [4.78, 5) is 0. The zero-order valence-corrected chi connectivity index (χ0v) is 15.0. The van der Waals surface area contributed by atoms with Crippen molar-refractivity contribution in [3.05, 3.63) is 33.9 Å².